The fourth-order valence-corrected chi connectivity index (χ4v) is 3.78. The number of hydrogen-bond donors (Lipinski definition) is 5. The van der Waals surface area contributed by atoms with Crippen LogP contribution in [0.3, 0.4) is 0 Å². The van der Waals surface area contributed by atoms with E-state index in [2.05, 4.69) is 41.4 Å². The lowest BCUT2D eigenvalue weighted by Crippen LogP contribution is -2.19. The molecule has 1 saturated carbocycles. The molecule has 4 aromatic rings. The van der Waals surface area contributed by atoms with Crippen molar-refractivity contribution in [1.29, 1.82) is 0 Å². The van der Waals surface area contributed by atoms with Crippen LogP contribution in [-0.2, 0) is 6.18 Å². The molecule has 37 heavy (non-hydrogen) atoms. The lowest BCUT2D eigenvalue weighted by atomic mass is 9.83. The van der Waals surface area contributed by atoms with Gasteiger partial charge in [-0.3, -0.25) is 5.10 Å². The molecule has 1 aliphatic carbocycles. The second kappa shape index (κ2) is 10.2. The molecule has 2 aromatic heterocycles. The third-order valence-electron chi connectivity index (χ3n) is 5.90. The molecule has 1 aliphatic rings. The number of carbonyl (C=O) groups excluding carboxylic acids is 1. The molecule has 9 nitrogen and oxygen atoms in total. The molecule has 1 fully saturated rings. The van der Waals surface area contributed by atoms with Crippen molar-refractivity contribution >= 4 is 40.7 Å². The van der Waals surface area contributed by atoms with Crippen molar-refractivity contribution < 1.29 is 18.0 Å². The van der Waals surface area contributed by atoms with Crippen LogP contribution >= 0.6 is 0 Å². The van der Waals surface area contributed by atoms with Crippen molar-refractivity contribution in [3.63, 3.8) is 0 Å². The molecule has 190 valence electrons. The molecule has 0 unspecified atom stereocenters. The molecule has 5 N–H and O–H groups in total. The number of amides is 2. The highest BCUT2D eigenvalue weighted by Gasteiger charge is 2.30. The van der Waals surface area contributed by atoms with E-state index in [1.54, 1.807) is 36.5 Å². The summed E-state index contributed by atoms with van der Waals surface area (Å²) in [5.41, 5.74) is 1.44. The third-order valence-corrected chi connectivity index (χ3v) is 5.90. The predicted molar refractivity (Wildman–Crippen MR) is 134 cm³/mol. The zero-order valence-corrected chi connectivity index (χ0v) is 19.4. The molecule has 0 spiro atoms. The first-order chi connectivity index (χ1) is 17.8. The van der Waals surface area contributed by atoms with Crippen molar-refractivity contribution in [2.75, 3.05) is 21.3 Å². The summed E-state index contributed by atoms with van der Waals surface area (Å²) in [5.74, 6) is 2.18. The number of H-pyrrole nitrogens is 1. The topological polar surface area (TPSA) is 120 Å². The lowest BCUT2D eigenvalue weighted by molar-refractivity contribution is -0.137. The number of alkyl halides is 3. The first-order valence-electron chi connectivity index (χ1n) is 11.6. The van der Waals surface area contributed by atoms with Crippen LogP contribution in [0.2, 0.25) is 0 Å². The lowest BCUT2D eigenvalue weighted by Gasteiger charge is -2.23. The summed E-state index contributed by atoms with van der Waals surface area (Å²) in [4.78, 5) is 20.9. The second-order valence-electron chi connectivity index (χ2n) is 8.59. The maximum Gasteiger partial charge on any atom is 0.416 e. The summed E-state index contributed by atoms with van der Waals surface area (Å²) >= 11 is 0. The van der Waals surface area contributed by atoms with E-state index >= 15 is 0 Å². The van der Waals surface area contributed by atoms with Crippen molar-refractivity contribution in [3.05, 3.63) is 78.1 Å². The number of urea groups is 1. The molecule has 0 bridgehead atoms. The molecule has 2 heterocycles. The number of nitrogens with zero attached hydrogens (tertiary/aromatic N) is 3. The number of anilines is 6. The van der Waals surface area contributed by atoms with Gasteiger partial charge in [0.15, 0.2) is 5.82 Å². The van der Waals surface area contributed by atoms with E-state index in [0.29, 0.717) is 34.9 Å². The van der Waals surface area contributed by atoms with Crippen molar-refractivity contribution in [1.82, 2.24) is 20.2 Å². The molecule has 0 atom stereocenters. The van der Waals surface area contributed by atoms with Crippen molar-refractivity contribution in [2.24, 2.45) is 0 Å². The second-order valence-corrected chi connectivity index (χ2v) is 8.59. The minimum absolute atomic E-state index is 0.0327. The fraction of sp³-hybridized carbons (Fsp3) is 0.200. The number of halogens is 3. The van der Waals surface area contributed by atoms with E-state index in [4.69, 9.17) is 0 Å². The number of nitrogens with one attached hydrogen (secondary N) is 5. The first kappa shape index (κ1) is 24.1. The van der Waals surface area contributed by atoms with Gasteiger partial charge in [-0.05, 0) is 61.4 Å². The van der Waals surface area contributed by atoms with Gasteiger partial charge >= 0.3 is 12.2 Å². The molecule has 0 aliphatic heterocycles. The standard InChI is InChI=1S/C25H23F3N8O/c26-25(27,28)16-5-2-6-19(13-16)32-24(37)31-18-9-7-17(8-10-18)30-23-29-12-11-21(34-23)33-22-14-20(35-36-22)15-3-1-4-15/h2,5-15H,1,3-4H2,(H2,31,32,37)(H3,29,30,33,34,35,36). The van der Waals surface area contributed by atoms with Crippen molar-refractivity contribution in [2.45, 2.75) is 31.4 Å². The Morgan fingerprint density at radius 1 is 0.892 bits per heavy atom. The van der Waals surface area contributed by atoms with Gasteiger partial charge in [0.1, 0.15) is 5.82 Å². The van der Waals surface area contributed by atoms with Gasteiger partial charge in [0.2, 0.25) is 5.95 Å². The Kier molecular flexibility index (Phi) is 6.62. The van der Waals surface area contributed by atoms with E-state index in [-0.39, 0.29) is 5.69 Å². The van der Waals surface area contributed by atoms with Gasteiger partial charge in [0.05, 0.1) is 5.56 Å². The SMILES string of the molecule is O=C(Nc1ccc(Nc2nccc(Nc3cc(C4CCC4)[nH]n3)n2)cc1)Nc1cccc(C(F)(F)F)c1. The average molecular weight is 509 g/mol. The highest BCUT2D eigenvalue weighted by atomic mass is 19.4. The van der Waals surface area contributed by atoms with Gasteiger partial charge in [-0.25, -0.2) is 9.78 Å². The number of hydrogen-bond acceptors (Lipinski definition) is 6. The minimum Gasteiger partial charge on any atom is -0.324 e. The first-order valence-corrected chi connectivity index (χ1v) is 11.6. The number of benzene rings is 2. The largest absolute Gasteiger partial charge is 0.416 e. The molecular formula is C25H23F3N8O. The molecule has 0 radical (unpaired) electrons. The molecular weight excluding hydrogens is 485 g/mol. The average Bonchev–Trinajstić information content (AvgIpc) is 3.26. The van der Waals surface area contributed by atoms with E-state index in [1.165, 1.54) is 31.4 Å². The van der Waals surface area contributed by atoms with Gasteiger partial charge in [-0.15, -0.1) is 0 Å². The van der Waals surface area contributed by atoms with Crippen LogP contribution in [0.15, 0.2) is 66.9 Å². The zero-order chi connectivity index (χ0) is 25.8. The smallest absolute Gasteiger partial charge is 0.324 e. The van der Waals surface area contributed by atoms with E-state index in [1.807, 2.05) is 6.07 Å². The van der Waals surface area contributed by atoms with Crippen LogP contribution in [0.5, 0.6) is 0 Å². The van der Waals surface area contributed by atoms with Crippen LogP contribution in [0.25, 0.3) is 0 Å². The Bertz CT molecular complexity index is 1380. The summed E-state index contributed by atoms with van der Waals surface area (Å²) in [6.45, 7) is 0. The maximum atomic E-state index is 12.9. The highest BCUT2D eigenvalue weighted by Crippen LogP contribution is 2.36. The Labute approximate surface area is 209 Å². The predicted octanol–water partition coefficient (Wildman–Crippen LogP) is 6.62. The van der Waals surface area contributed by atoms with Gasteiger partial charge < -0.3 is 21.3 Å². The Morgan fingerprint density at radius 2 is 1.65 bits per heavy atom. The number of carbonyl (C=O) groups is 1. The van der Waals surface area contributed by atoms with E-state index in [0.717, 1.165) is 17.8 Å². The van der Waals surface area contributed by atoms with Crippen LogP contribution in [0.1, 0.15) is 36.4 Å². The molecule has 2 aromatic carbocycles. The normalized spacial score (nSPS) is 13.5. The number of aromatic nitrogens is 4. The Morgan fingerprint density at radius 3 is 2.38 bits per heavy atom. The summed E-state index contributed by atoms with van der Waals surface area (Å²) in [5, 5.41) is 18.6. The third kappa shape index (κ3) is 6.15. The summed E-state index contributed by atoms with van der Waals surface area (Å²) in [6, 6.07) is 14.2. The monoisotopic (exact) mass is 508 g/mol. The van der Waals surface area contributed by atoms with Crippen LogP contribution in [0.4, 0.5) is 52.6 Å². The van der Waals surface area contributed by atoms with Crippen LogP contribution in [0, 0.1) is 0 Å². The molecule has 5 rings (SSSR count). The van der Waals surface area contributed by atoms with E-state index < -0.39 is 17.8 Å². The van der Waals surface area contributed by atoms with Gasteiger partial charge in [0, 0.05) is 40.9 Å². The number of aromatic amines is 1. The quantitative estimate of drug-likeness (QED) is 0.191. The number of rotatable bonds is 7. The molecule has 2 amide bonds. The van der Waals surface area contributed by atoms with Crippen molar-refractivity contribution in [3.8, 4) is 0 Å². The van der Waals surface area contributed by atoms with Crippen LogP contribution in [-0.4, -0.2) is 26.2 Å². The van der Waals surface area contributed by atoms with Gasteiger partial charge in [-0.2, -0.15) is 23.3 Å². The highest BCUT2D eigenvalue weighted by molar-refractivity contribution is 5.99. The van der Waals surface area contributed by atoms with E-state index in [9.17, 15) is 18.0 Å². The fourth-order valence-electron chi connectivity index (χ4n) is 3.78. The Balaban J connectivity index is 1.16. The van der Waals surface area contributed by atoms with Gasteiger partial charge in [0.25, 0.3) is 0 Å². The minimum atomic E-state index is -4.49. The van der Waals surface area contributed by atoms with Crippen LogP contribution < -0.4 is 21.3 Å². The maximum absolute atomic E-state index is 12.9. The van der Waals surface area contributed by atoms with Gasteiger partial charge in [-0.1, -0.05) is 12.5 Å². The summed E-state index contributed by atoms with van der Waals surface area (Å²) < 4.78 is 38.6. The Hall–Kier alpha value is -4.61. The molecule has 12 heteroatoms. The summed E-state index contributed by atoms with van der Waals surface area (Å²) in [6.07, 6.45) is 0.729. The summed E-state index contributed by atoms with van der Waals surface area (Å²) in [7, 11) is 0. The zero-order valence-electron chi connectivity index (χ0n) is 19.4. The molecule has 0 saturated heterocycles.